The maximum Gasteiger partial charge on any atom is 0.106 e. The summed E-state index contributed by atoms with van der Waals surface area (Å²) in [6.45, 7) is 2.04. The Labute approximate surface area is 80.9 Å². The van der Waals surface area contributed by atoms with E-state index in [1.54, 1.807) is 11.3 Å². The summed E-state index contributed by atoms with van der Waals surface area (Å²) in [4.78, 5) is 4.45. The predicted molar refractivity (Wildman–Crippen MR) is 57.0 cm³/mol. The van der Waals surface area contributed by atoms with Crippen LogP contribution in [-0.4, -0.2) is 4.98 Å². The number of nitrogens with zero attached hydrogens (tertiary/aromatic N) is 1. The van der Waals surface area contributed by atoms with E-state index in [1.807, 2.05) is 25.1 Å². The Morgan fingerprint density at radius 2 is 2.17 bits per heavy atom. The normalized spacial score (nSPS) is 13.5. The Kier molecular flexibility index (Phi) is 2.07. The topological polar surface area (TPSA) is 12.9 Å². The van der Waals surface area contributed by atoms with Gasteiger partial charge in [0, 0.05) is 0 Å². The van der Waals surface area contributed by atoms with Crippen molar-refractivity contribution >= 4 is 34.2 Å². The Bertz CT molecular complexity index is 359. The first kappa shape index (κ1) is 8.08. The van der Waals surface area contributed by atoms with Crippen molar-refractivity contribution in [1.29, 1.82) is 0 Å². The van der Waals surface area contributed by atoms with Gasteiger partial charge in [0.25, 0.3) is 0 Å². The van der Waals surface area contributed by atoms with Crippen molar-refractivity contribution in [2.24, 2.45) is 0 Å². The molecule has 0 aliphatic carbocycles. The van der Waals surface area contributed by atoms with Crippen LogP contribution in [-0.2, 0) is 0 Å². The molecule has 0 saturated heterocycles. The number of hydrogen-bond acceptors (Lipinski definition) is 3. The molecule has 0 aliphatic heterocycles. The summed E-state index contributed by atoms with van der Waals surface area (Å²) in [6, 6.07) is 8.17. The van der Waals surface area contributed by atoms with Crippen molar-refractivity contribution in [1.82, 2.24) is 4.98 Å². The lowest BCUT2D eigenvalue weighted by Gasteiger charge is -1.93. The lowest BCUT2D eigenvalue weighted by atomic mass is 10.3. The van der Waals surface area contributed by atoms with Gasteiger partial charge in [0.2, 0.25) is 0 Å². The Morgan fingerprint density at radius 1 is 1.42 bits per heavy atom. The zero-order valence-corrected chi connectivity index (χ0v) is 8.40. The molecule has 1 aromatic heterocycles. The number of aromatic nitrogens is 1. The highest BCUT2D eigenvalue weighted by Gasteiger charge is 2.06. The molecule has 0 saturated carbocycles. The highest BCUT2D eigenvalue weighted by molar-refractivity contribution is 7.80. The van der Waals surface area contributed by atoms with Gasteiger partial charge in [0.1, 0.15) is 5.01 Å². The number of hydrogen-bond donors (Lipinski definition) is 1. The van der Waals surface area contributed by atoms with E-state index < -0.39 is 0 Å². The van der Waals surface area contributed by atoms with Gasteiger partial charge < -0.3 is 0 Å². The lowest BCUT2D eigenvalue weighted by Crippen LogP contribution is -1.79. The molecule has 0 spiro atoms. The monoisotopic (exact) mass is 195 g/mol. The Balaban J connectivity index is 2.62. The second kappa shape index (κ2) is 3.07. The van der Waals surface area contributed by atoms with Gasteiger partial charge in [0.15, 0.2) is 0 Å². The van der Waals surface area contributed by atoms with Crippen molar-refractivity contribution in [3.8, 4) is 0 Å². The van der Waals surface area contributed by atoms with Crippen LogP contribution in [0.15, 0.2) is 24.3 Å². The van der Waals surface area contributed by atoms with Gasteiger partial charge in [-0.3, -0.25) is 0 Å². The molecule has 2 rings (SSSR count). The van der Waals surface area contributed by atoms with Crippen LogP contribution in [0, 0.1) is 0 Å². The molecule has 1 unspecified atom stereocenters. The highest BCUT2D eigenvalue weighted by Crippen LogP contribution is 2.28. The molecule has 0 N–H and O–H groups in total. The smallest absolute Gasteiger partial charge is 0.106 e. The fourth-order valence-electron chi connectivity index (χ4n) is 1.07. The number of thiol groups is 1. The number of fused-ring (bicyclic) bond motifs is 1. The van der Waals surface area contributed by atoms with Gasteiger partial charge in [-0.15, -0.1) is 11.3 Å². The molecule has 0 fully saturated rings. The van der Waals surface area contributed by atoms with E-state index in [4.69, 9.17) is 0 Å². The van der Waals surface area contributed by atoms with E-state index in [9.17, 15) is 0 Å². The van der Waals surface area contributed by atoms with Crippen LogP contribution >= 0.6 is 24.0 Å². The van der Waals surface area contributed by atoms with Crippen LogP contribution in [0.3, 0.4) is 0 Å². The quantitative estimate of drug-likeness (QED) is 0.689. The van der Waals surface area contributed by atoms with E-state index >= 15 is 0 Å². The van der Waals surface area contributed by atoms with Crippen molar-refractivity contribution in [2.75, 3.05) is 0 Å². The average molecular weight is 195 g/mol. The molecule has 1 nitrogen and oxygen atoms in total. The summed E-state index contributed by atoms with van der Waals surface area (Å²) >= 11 is 6.06. The molecule has 3 heteroatoms. The summed E-state index contributed by atoms with van der Waals surface area (Å²) in [7, 11) is 0. The van der Waals surface area contributed by atoms with Crippen molar-refractivity contribution in [2.45, 2.75) is 12.2 Å². The summed E-state index contributed by atoms with van der Waals surface area (Å²) in [5.41, 5.74) is 1.08. The third-order valence-electron chi connectivity index (χ3n) is 1.67. The largest absolute Gasteiger partial charge is 0.240 e. The highest BCUT2D eigenvalue weighted by atomic mass is 32.1. The number of para-hydroxylation sites is 1. The number of thiazole rings is 1. The van der Waals surface area contributed by atoms with Gasteiger partial charge in [-0.05, 0) is 19.1 Å². The summed E-state index contributed by atoms with van der Waals surface area (Å²) in [5.74, 6) is 0. The second-order valence-corrected chi connectivity index (χ2v) is 4.53. The van der Waals surface area contributed by atoms with E-state index in [0.29, 0.717) is 0 Å². The molecule has 2 aromatic rings. The Hall–Kier alpha value is -0.540. The third kappa shape index (κ3) is 1.34. The van der Waals surface area contributed by atoms with Gasteiger partial charge in [-0.2, -0.15) is 12.6 Å². The molecular formula is C9H9NS2. The van der Waals surface area contributed by atoms with Crippen LogP contribution in [0.5, 0.6) is 0 Å². The predicted octanol–water partition coefficient (Wildman–Crippen LogP) is 3.29. The maximum atomic E-state index is 4.45. The first-order valence-corrected chi connectivity index (χ1v) is 5.14. The second-order valence-electron chi connectivity index (χ2n) is 2.70. The zero-order valence-electron chi connectivity index (χ0n) is 6.69. The molecule has 62 valence electrons. The summed E-state index contributed by atoms with van der Waals surface area (Å²) < 4.78 is 1.24. The Morgan fingerprint density at radius 3 is 2.83 bits per heavy atom. The van der Waals surface area contributed by atoms with Crippen LogP contribution in [0.2, 0.25) is 0 Å². The third-order valence-corrected chi connectivity index (χ3v) is 3.31. The van der Waals surface area contributed by atoms with E-state index in [1.165, 1.54) is 4.70 Å². The van der Waals surface area contributed by atoms with Crippen molar-refractivity contribution in [3.63, 3.8) is 0 Å². The van der Waals surface area contributed by atoms with Crippen LogP contribution in [0.25, 0.3) is 10.2 Å². The standard InChI is InChI=1S/C9H9NS2/c1-6(11)9-10-7-4-2-3-5-8(7)12-9/h2-6,11H,1H3. The van der Waals surface area contributed by atoms with Gasteiger partial charge in [-0.25, -0.2) is 4.98 Å². The zero-order chi connectivity index (χ0) is 8.55. The number of benzene rings is 1. The molecule has 0 radical (unpaired) electrons. The van der Waals surface area contributed by atoms with Gasteiger partial charge in [-0.1, -0.05) is 12.1 Å². The molecule has 0 bridgehead atoms. The molecule has 1 aromatic carbocycles. The molecular weight excluding hydrogens is 186 g/mol. The fourth-order valence-corrected chi connectivity index (χ4v) is 2.19. The number of rotatable bonds is 1. The van der Waals surface area contributed by atoms with Crippen LogP contribution < -0.4 is 0 Å². The van der Waals surface area contributed by atoms with Crippen molar-refractivity contribution in [3.05, 3.63) is 29.3 Å². The minimum absolute atomic E-state index is 0.238. The molecule has 1 atom stereocenters. The minimum Gasteiger partial charge on any atom is -0.240 e. The molecule has 12 heavy (non-hydrogen) atoms. The molecule has 0 aliphatic rings. The first-order chi connectivity index (χ1) is 5.77. The molecule has 0 amide bonds. The van der Waals surface area contributed by atoms with E-state index in [-0.39, 0.29) is 5.25 Å². The summed E-state index contributed by atoms with van der Waals surface area (Å²) in [5, 5.41) is 1.34. The lowest BCUT2D eigenvalue weighted by molar-refractivity contribution is 1.08. The van der Waals surface area contributed by atoms with Gasteiger partial charge in [0.05, 0.1) is 15.5 Å². The summed E-state index contributed by atoms with van der Waals surface area (Å²) in [6.07, 6.45) is 0. The van der Waals surface area contributed by atoms with Crippen molar-refractivity contribution < 1.29 is 0 Å². The fraction of sp³-hybridized carbons (Fsp3) is 0.222. The van der Waals surface area contributed by atoms with Gasteiger partial charge >= 0.3 is 0 Å². The maximum absolute atomic E-state index is 4.45. The first-order valence-electron chi connectivity index (χ1n) is 3.81. The minimum atomic E-state index is 0.238. The average Bonchev–Trinajstić information content (AvgIpc) is 2.46. The van der Waals surface area contributed by atoms with Crippen LogP contribution in [0.1, 0.15) is 17.2 Å². The molecule has 1 heterocycles. The van der Waals surface area contributed by atoms with Crippen LogP contribution in [0.4, 0.5) is 0 Å². The van der Waals surface area contributed by atoms with E-state index in [0.717, 1.165) is 10.5 Å². The SMILES string of the molecule is CC(S)c1nc2ccccc2s1. The van der Waals surface area contributed by atoms with E-state index in [2.05, 4.69) is 23.7 Å².